The summed E-state index contributed by atoms with van der Waals surface area (Å²) in [6.45, 7) is 10.7. The first-order valence-corrected chi connectivity index (χ1v) is 7.96. The van der Waals surface area contributed by atoms with Gasteiger partial charge in [-0.15, -0.1) is 0 Å². The molecule has 3 heteroatoms. The summed E-state index contributed by atoms with van der Waals surface area (Å²) in [5.74, 6) is 1.84. The predicted molar refractivity (Wildman–Crippen MR) is 84.2 cm³/mol. The van der Waals surface area contributed by atoms with Gasteiger partial charge in [0.1, 0.15) is 5.75 Å². The van der Waals surface area contributed by atoms with E-state index in [4.69, 9.17) is 4.74 Å². The Balaban J connectivity index is 1.89. The molecule has 1 aromatic carbocycles. The Morgan fingerprint density at radius 3 is 2.75 bits per heavy atom. The first kappa shape index (κ1) is 15.3. The highest BCUT2D eigenvalue weighted by molar-refractivity contribution is 5.28. The van der Waals surface area contributed by atoms with Crippen LogP contribution in [0.1, 0.15) is 32.3 Å². The molecule has 112 valence electrons. The van der Waals surface area contributed by atoms with Crippen molar-refractivity contribution in [2.75, 3.05) is 32.8 Å². The van der Waals surface area contributed by atoms with E-state index in [0.29, 0.717) is 0 Å². The van der Waals surface area contributed by atoms with E-state index in [0.717, 1.165) is 31.4 Å². The Morgan fingerprint density at radius 1 is 1.25 bits per heavy atom. The van der Waals surface area contributed by atoms with Crippen LogP contribution in [0.4, 0.5) is 0 Å². The molecule has 1 aliphatic heterocycles. The SMILES string of the molecule is CCOc1cccc(CN(CC)CC2CCNCC2)c1. The van der Waals surface area contributed by atoms with Gasteiger partial charge in [-0.05, 0) is 63.0 Å². The van der Waals surface area contributed by atoms with Gasteiger partial charge < -0.3 is 10.1 Å². The average molecular weight is 276 g/mol. The molecule has 0 bridgehead atoms. The van der Waals surface area contributed by atoms with Gasteiger partial charge in [0.25, 0.3) is 0 Å². The van der Waals surface area contributed by atoms with E-state index in [1.807, 2.05) is 13.0 Å². The molecule has 1 aliphatic rings. The molecule has 0 atom stereocenters. The van der Waals surface area contributed by atoms with Gasteiger partial charge in [-0.3, -0.25) is 4.90 Å². The normalized spacial score (nSPS) is 16.6. The molecule has 1 saturated heterocycles. The maximum Gasteiger partial charge on any atom is 0.119 e. The Kier molecular flexibility index (Phi) is 6.34. The highest BCUT2D eigenvalue weighted by Crippen LogP contribution is 2.18. The number of rotatable bonds is 7. The van der Waals surface area contributed by atoms with Crippen molar-refractivity contribution in [1.29, 1.82) is 0 Å². The average Bonchev–Trinajstić information content (AvgIpc) is 2.48. The molecule has 1 N–H and O–H groups in total. The minimum Gasteiger partial charge on any atom is -0.494 e. The van der Waals surface area contributed by atoms with Crippen LogP contribution in [0.2, 0.25) is 0 Å². The lowest BCUT2D eigenvalue weighted by atomic mass is 9.97. The number of nitrogens with zero attached hydrogens (tertiary/aromatic N) is 1. The van der Waals surface area contributed by atoms with E-state index >= 15 is 0 Å². The maximum absolute atomic E-state index is 5.58. The second kappa shape index (κ2) is 8.28. The Labute approximate surface area is 123 Å². The van der Waals surface area contributed by atoms with Gasteiger partial charge in [0.05, 0.1) is 6.61 Å². The van der Waals surface area contributed by atoms with Crippen molar-refractivity contribution in [3.05, 3.63) is 29.8 Å². The highest BCUT2D eigenvalue weighted by Gasteiger charge is 2.16. The summed E-state index contributed by atoms with van der Waals surface area (Å²) in [5.41, 5.74) is 1.35. The monoisotopic (exact) mass is 276 g/mol. The molecule has 2 rings (SSSR count). The van der Waals surface area contributed by atoms with Crippen LogP contribution in [-0.2, 0) is 6.54 Å². The van der Waals surface area contributed by atoms with Gasteiger partial charge in [-0.2, -0.15) is 0 Å². The van der Waals surface area contributed by atoms with Crippen LogP contribution < -0.4 is 10.1 Å². The molecule has 3 nitrogen and oxygen atoms in total. The summed E-state index contributed by atoms with van der Waals surface area (Å²) in [6, 6.07) is 8.51. The van der Waals surface area contributed by atoms with Gasteiger partial charge in [-0.25, -0.2) is 0 Å². The number of ether oxygens (including phenoxy) is 1. The van der Waals surface area contributed by atoms with E-state index in [-0.39, 0.29) is 0 Å². The molecule has 0 saturated carbocycles. The fraction of sp³-hybridized carbons (Fsp3) is 0.647. The topological polar surface area (TPSA) is 24.5 Å². The molecule has 0 aliphatic carbocycles. The van der Waals surface area contributed by atoms with Gasteiger partial charge in [0.2, 0.25) is 0 Å². The predicted octanol–water partition coefficient (Wildman–Crippen LogP) is 2.91. The molecule has 1 aromatic rings. The summed E-state index contributed by atoms with van der Waals surface area (Å²) < 4.78 is 5.58. The summed E-state index contributed by atoms with van der Waals surface area (Å²) in [6.07, 6.45) is 2.63. The van der Waals surface area contributed by atoms with Crippen LogP contribution in [0.5, 0.6) is 5.75 Å². The molecule has 0 amide bonds. The molecule has 1 fully saturated rings. The summed E-state index contributed by atoms with van der Waals surface area (Å²) in [7, 11) is 0. The van der Waals surface area contributed by atoms with E-state index in [9.17, 15) is 0 Å². The van der Waals surface area contributed by atoms with Crippen molar-refractivity contribution in [2.24, 2.45) is 5.92 Å². The first-order valence-electron chi connectivity index (χ1n) is 7.96. The zero-order chi connectivity index (χ0) is 14.2. The first-order chi connectivity index (χ1) is 9.81. The summed E-state index contributed by atoms with van der Waals surface area (Å²) >= 11 is 0. The van der Waals surface area contributed by atoms with Gasteiger partial charge >= 0.3 is 0 Å². The molecule has 0 radical (unpaired) electrons. The molecular formula is C17H28N2O. The Bertz CT molecular complexity index is 388. The molecule has 0 spiro atoms. The Hall–Kier alpha value is -1.06. The van der Waals surface area contributed by atoms with Gasteiger partial charge in [-0.1, -0.05) is 19.1 Å². The van der Waals surface area contributed by atoms with Crippen molar-refractivity contribution in [2.45, 2.75) is 33.2 Å². The minimum absolute atomic E-state index is 0.732. The fourth-order valence-corrected chi connectivity index (χ4v) is 2.89. The third-order valence-electron chi connectivity index (χ3n) is 4.04. The lowest BCUT2D eigenvalue weighted by Gasteiger charge is -2.29. The van der Waals surface area contributed by atoms with Gasteiger partial charge in [0.15, 0.2) is 0 Å². The second-order valence-electron chi connectivity index (χ2n) is 5.60. The minimum atomic E-state index is 0.732. The van der Waals surface area contributed by atoms with Crippen molar-refractivity contribution in [3.63, 3.8) is 0 Å². The van der Waals surface area contributed by atoms with Crippen LogP contribution in [0.15, 0.2) is 24.3 Å². The zero-order valence-electron chi connectivity index (χ0n) is 12.9. The van der Waals surface area contributed by atoms with Crippen molar-refractivity contribution < 1.29 is 4.74 Å². The van der Waals surface area contributed by atoms with Crippen LogP contribution in [0, 0.1) is 5.92 Å². The Morgan fingerprint density at radius 2 is 2.05 bits per heavy atom. The van der Waals surface area contributed by atoms with E-state index in [1.54, 1.807) is 0 Å². The van der Waals surface area contributed by atoms with Gasteiger partial charge in [0, 0.05) is 13.1 Å². The number of piperidine rings is 1. The fourth-order valence-electron chi connectivity index (χ4n) is 2.89. The van der Waals surface area contributed by atoms with E-state index < -0.39 is 0 Å². The van der Waals surface area contributed by atoms with Crippen LogP contribution >= 0.6 is 0 Å². The number of hydrogen-bond donors (Lipinski definition) is 1. The van der Waals surface area contributed by atoms with Crippen molar-refractivity contribution >= 4 is 0 Å². The molecular weight excluding hydrogens is 248 g/mol. The van der Waals surface area contributed by atoms with Crippen LogP contribution in [0.25, 0.3) is 0 Å². The van der Waals surface area contributed by atoms with Crippen LogP contribution in [0.3, 0.4) is 0 Å². The quantitative estimate of drug-likeness (QED) is 0.829. The van der Waals surface area contributed by atoms with Crippen molar-refractivity contribution in [3.8, 4) is 5.75 Å². The number of hydrogen-bond acceptors (Lipinski definition) is 3. The second-order valence-corrected chi connectivity index (χ2v) is 5.60. The number of benzene rings is 1. The highest BCUT2D eigenvalue weighted by atomic mass is 16.5. The molecule has 20 heavy (non-hydrogen) atoms. The van der Waals surface area contributed by atoms with E-state index in [2.05, 4.69) is 35.3 Å². The summed E-state index contributed by atoms with van der Waals surface area (Å²) in [4.78, 5) is 2.56. The smallest absolute Gasteiger partial charge is 0.119 e. The zero-order valence-corrected chi connectivity index (χ0v) is 12.9. The number of nitrogens with one attached hydrogen (secondary N) is 1. The lowest BCUT2D eigenvalue weighted by molar-refractivity contribution is 0.207. The van der Waals surface area contributed by atoms with E-state index in [1.165, 1.54) is 38.0 Å². The van der Waals surface area contributed by atoms with Crippen LogP contribution in [-0.4, -0.2) is 37.7 Å². The lowest BCUT2D eigenvalue weighted by Crippen LogP contribution is -2.35. The summed E-state index contributed by atoms with van der Waals surface area (Å²) in [5, 5.41) is 3.44. The molecule has 1 heterocycles. The standard InChI is InChI=1S/C17H28N2O/c1-3-19(13-15-8-10-18-11-9-15)14-16-6-5-7-17(12-16)20-4-2/h5-7,12,15,18H,3-4,8-11,13-14H2,1-2H3. The largest absolute Gasteiger partial charge is 0.494 e. The molecule has 0 unspecified atom stereocenters. The molecule has 0 aromatic heterocycles. The van der Waals surface area contributed by atoms with Crippen molar-refractivity contribution in [1.82, 2.24) is 10.2 Å². The third kappa shape index (κ3) is 4.80. The maximum atomic E-state index is 5.58. The third-order valence-corrected chi connectivity index (χ3v) is 4.04.